The summed E-state index contributed by atoms with van der Waals surface area (Å²) < 4.78 is 0. The predicted octanol–water partition coefficient (Wildman–Crippen LogP) is 4.73. The molecule has 1 aromatic carbocycles. The summed E-state index contributed by atoms with van der Waals surface area (Å²) in [5.74, 6) is 0.559. The number of thioether (sulfide) groups is 1. The van der Waals surface area contributed by atoms with Gasteiger partial charge in [0.25, 0.3) is 0 Å². The molecule has 304 valence electrons. The van der Waals surface area contributed by atoms with Crippen LogP contribution in [0.1, 0.15) is 110 Å². The summed E-state index contributed by atoms with van der Waals surface area (Å²) in [6.07, 6.45) is 13.3. The van der Waals surface area contributed by atoms with E-state index >= 15 is 0 Å². The minimum absolute atomic E-state index is 0.0456. The molecule has 2 heterocycles. The van der Waals surface area contributed by atoms with Gasteiger partial charge in [-0.2, -0.15) is 0 Å². The van der Waals surface area contributed by atoms with Crippen molar-refractivity contribution in [1.29, 1.82) is 0 Å². The number of carbonyl (C=O) groups is 6. The van der Waals surface area contributed by atoms with Crippen LogP contribution >= 0.6 is 11.8 Å². The number of imide groups is 1. The highest BCUT2D eigenvalue weighted by molar-refractivity contribution is 8.00. The van der Waals surface area contributed by atoms with E-state index in [4.69, 9.17) is 0 Å². The third-order valence-corrected chi connectivity index (χ3v) is 12.0. The smallest absolute Gasteiger partial charge is 0.246 e. The molecule has 13 nitrogen and oxygen atoms in total. The van der Waals surface area contributed by atoms with Crippen molar-refractivity contribution in [1.82, 2.24) is 26.2 Å². The Morgan fingerprint density at radius 1 is 0.964 bits per heavy atom. The summed E-state index contributed by atoms with van der Waals surface area (Å²) in [6, 6.07) is 8.15. The first-order valence-corrected chi connectivity index (χ1v) is 21.3. The van der Waals surface area contributed by atoms with Gasteiger partial charge in [-0.1, -0.05) is 51.3 Å². The van der Waals surface area contributed by atoms with E-state index in [9.17, 15) is 33.9 Å². The first kappa shape index (κ1) is 43.8. The maximum Gasteiger partial charge on any atom is 0.246 e. The zero-order valence-corrected chi connectivity index (χ0v) is 33.4. The highest BCUT2D eigenvalue weighted by atomic mass is 32.2. The number of anilines is 1. The molecule has 1 saturated carbocycles. The van der Waals surface area contributed by atoms with Gasteiger partial charge in [-0.25, -0.2) is 0 Å². The van der Waals surface area contributed by atoms with E-state index in [0.29, 0.717) is 80.9 Å². The minimum Gasteiger partial charge on any atom is -0.516 e. The molecule has 4 rings (SSSR count). The molecule has 14 heteroatoms. The molecule has 1 aromatic rings. The molecule has 6 N–H and O–H groups in total. The first-order valence-electron chi connectivity index (χ1n) is 20.3. The number of para-hydroxylation sites is 1. The van der Waals surface area contributed by atoms with Crippen LogP contribution < -0.4 is 26.6 Å². The molecule has 3 aliphatic rings. The van der Waals surface area contributed by atoms with Crippen molar-refractivity contribution in [3.8, 4) is 0 Å². The molecule has 0 radical (unpaired) electrons. The lowest BCUT2D eigenvalue weighted by Crippen LogP contribution is -2.50. The summed E-state index contributed by atoms with van der Waals surface area (Å²) in [5.41, 5.74) is 0.632. The number of rotatable bonds is 23. The van der Waals surface area contributed by atoms with Gasteiger partial charge in [-0.05, 0) is 93.6 Å². The number of amides is 6. The number of nitrogens with zero attached hydrogens (tertiary/aromatic N) is 1. The Bertz CT molecular complexity index is 1450. The number of aliphatic hydroxyl groups excluding tert-OH is 1. The Morgan fingerprint density at radius 2 is 1.71 bits per heavy atom. The monoisotopic (exact) mass is 782 g/mol. The van der Waals surface area contributed by atoms with Crippen molar-refractivity contribution in [2.45, 2.75) is 140 Å². The van der Waals surface area contributed by atoms with Gasteiger partial charge in [-0.15, -0.1) is 11.8 Å². The minimum atomic E-state index is -0.757. The zero-order chi connectivity index (χ0) is 39.6. The van der Waals surface area contributed by atoms with E-state index in [1.807, 2.05) is 24.3 Å². The number of hydrogen-bond donors (Lipinski definition) is 6. The van der Waals surface area contributed by atoms with E-state index in [1.165, 1.54) is 16.7 Å². The van der Waals surface area contributed by atoms with E-state index < -0.39 is 12.1 Å². The van der Waals surface area contributed by atoms with E-state index in [2.05, 4.69) is 40.4 Å². The molecular weight excluding hydrogens is 721 g/mol. The Hall–Kier alpha value is -3.91. The Morgan fingerprint density at radius 3 is 2.40 bits per heavy atom. The molecule has 2 unspecified atom stereocenters. The van der Waals surface area contributed by atoms with Crippen LogP contribution in [0.15, 0.2) is 42.7 Å². The van der Waals surface area contributed by atoms with Crippen molar-refractivity contribution in [3.63, 3.8) is 0 Å². The van der Waals surface area contributed by atoms with Crippen LogP contribution in [0.3, 0.4) is 0 Å². The fraction of sp³-hybridized carbons (Fsp3) is 0.659. The molecule has 0 spiro atoms. The van der Waals surface area contributed by atoms with Crippen molar-refractivity contribution < 1.29 is 33.9 Å². The number of carbonyl (C=O) groups excluding carboxylic acids is 6. The molecule has 55 heavy (non-hydrogen) atoms. The highest BCUT2D eigenvalue weighted by Gasteiger charge is 2.38. The van der Waals surface area contributed by atoms with Gasteiger partial charge in [0, 0.05) is 50.1 Å². The van der Waals surface area contributed by atoms with Crippen LogP contribution in [0.5, 0.6) is 0 Å². The molecule has 2 saturated heterocycles. The summed E-state index contributed by atoms with van der Waals surface area (Å²) in [7, 11) is 0. The van der Waals surface area contributed by atoms with Crippen LogP contribution in [0, 0.1) is 11.8 Å². The van der Waals surface area contributed by atoms with Crippen LogP contribution in [0.25, 0.3) is 0 Å². The second-order valence-corrected chi connectivity index (χ2v) is 16.8. The van der Waals surface area contributed by atoms with Crippen molar-refractivity contribution in [3.05, 3.63) is 42.7 Å². The largest absolute Gasteiger partial charge is 0.516 e. The van der Waals surface area contributed by atoms with Gasteiger partial charge in [0.1, 0.15) is 12.1 Å². The molecule has 0 bridgehead atoms. The second kappa shape index (κ2) is 23.2. The molecule has 3 fully saturated rings. The second-order valence-electron chi connectivity index (χ2n) is 15.5. The maximum absolute atomic E-state index is 13.1. The van der Waals surface area contributed by atoms with Crippen LogP contribution in [0.4, 0.5) is 5.69 Å². The molecule has 0 aromatic heterocycles. The topological polar surface area (TPSA) is 186 Å². The Labute approximate surface area is 330 Å². The lowest BCUT2D eigenvalue weighted by molar-refractivity contribution is -0.138. The predicted molar refractivity (Wildman–Crippen MR) is 215 cm³/mol. The molecule has 4 atom stereocenters. The molecule has 2 aliphatic heterocycles. The molecular formula is C41H62N6O7S. The van der Waals surface area contributed by atoms with E-state index in [-0.39, 0.29) is 59.6 Å². The van der Waals surface area contributed by atoms with E-state index in [0.717, 1.165) is 51.2 Å². The van der Waals surface area contributed by atoms with Crippen LogP contribution in [0.2, 0.25) is 0 Å². The fourth-order valence-electron chi connectivity index (χ4n) is 7.63. The normalized spacial score (nSPS) is 22.5. The lowest BCUT2D eigenvalue weighted by atomic mass is 9.78. The molecule has 6 amide bonds. The quantitative estimate of drug-likeness (QED) is 0.0519. The van der Waals surface area contributed by atoms with Crippen molar-refractivity contribution in [2.75, 3.05) is 24.2 Å². The summed E-state index contributed by atoms with van der Waals surface area (Å²) >= 11 is 1.49. The van der Waals surface area contributed by atoms with Gasteiger partial charge in [0.15, 0.2) is 0 Å². The number of hydrogen-bond acceptors (Lipinski definition) is 9. The fourth-order valence-corrected chi connectivity index (χ4v) is 8.82. The van der Waals surface area contributed by atoms with Crippen molar-refractivity contribution >= 4 is 52.9 Å². The summed E-state index contributed by atoms with van der Waals surface area (Å²) in [4.78, 5) is 77.0. The van der Waals surface area contributed by atoms with Gasteiger partial charge < -0.3 is 31.7 Å². The van der Waals surface area contributed by atoms with E-state index in [1.54, 1.807) is 12.1 Å². The number of benzene rings is 1. The van der Waals surface area contributed by atoms with Crippen LogP contribution in [-0.2, 0) is 28.8 Å². The Kier molecular flexibility index (Phi) is 18.5. The average Bonchev–Trinajstić information content (AvgIpc) is 3.72. The maximum atomic E-state index is 13.1. The number of unbranched alkanes of at least 4 members (excludes halogenated alkanes) is 4. The third kappa shape index (κ3) is 14.9. The molecule has 1 aliphatic carbocycles. The average molecular weight is 783 g/mol. The van der Waals surface area contributed by atoms with Gasteiger partial charge in [0.05, 0.1) is 11.5 Å². The summed E-state index contributed by atoms with van der Waals surface area (Å²) in [6.45, 7) is 5.28. The zero-order valence-electron chi connectivity index (χ0n) is 32.6. The third-order valence-electron chi connectivity index (χ3n) is 10.7. The lowest BCUT2D eigenvalue weighted by Gasteiger charge is -2.34. The standard InChI is InChI=1S/C41H62N6O7S/c1-28(2)43-32(22-24-48)30-18-16-29(17-19-30)27-42-36(49)15-9-4-10-23-47-38(51)26-35(41(47)54)55-25-11-5-8-14-33(39(52)44-31-12-6-3-7-13-31)46-40(53)34-20-21-37(50)45-34/h3,6-7,12-13,22,24,28-30,32-35,43,48H,4-5,8-11,14-21,23,25-27H2,1-2H3,(H,42,49)(H,44,52)(H,45,50)(H,46,53)/t29?,30?,32?,33-,34+,35?/m0/s1. The highest BCUT2D eigenvalue weighted by Crippen LogP contribution is 2.31. The van der Waals surface area contributed by atoms with Gasteiger partial charge in [0.2, 0.25) is 35.4 Å². The first-order chi connectivity index (χ1) is 26.5. The van der Waals surface area contributed by atoms with Crippen LogP contribution in [-0.4, -0.2) is 93.7 Å². The van der Waals surface area contributed by atoms with Gasteiger partial charge >= 0.3 is 0 Å². The summed E-state index contributed by atoms with van der Waals surface area (Å²) in [5, 5.41) is 23.9. The number of likely N-dealkylation sites (tertiary alicyclic amines) is 1. The Balaban J connectivity index is 1.06. The van der Waals surface area contributed by atoms with Crippen molar-refractivity contribution in [2.24, 2.45) is 11.8 Å². The van der Waals surface area contributed by atoms with Gasteiger partial charge in [-0.3, -0.25) is 33.7 Å². The number of aliphatic hydroxyl groups is 1. The SMILES string of the molecule is CC(C)NC(C=CO)C1CCC(CNC(=O)CCCCCN2C(=O)CC(SCCCCC[C@H](NC(=O)[C@H]3CCC(=O)N3)C(=O)Nc3ccccc3)C2=O)CC1. The number of nitrogens with one attached hydrogen (secondary N) is 5.